The molecular formula is C19H26N2O3. The topological polar surface area (TPSA) is 60.9 Å². The largest absolute Gasteiger partial charge is 0.391 e. The molecule has 2 saturated heterocycles. The second kappa shape index (κ2) is 6.55. The Balaban J connectivity index is 1.90. The summed E-state index contributed by atoms with van der Waals surface area (Å²) in [6.07, 6.45) is 1.79. The molecule has 2 amide bonds. The molecule has 1 aromatic carbocycles. The smallest absolute Gasteiger partial charge is 0.250 e. The van der Waals surface area contributed by atoms with Crippen LogP contribution in [0.15, 0.2) is 30.3 Å². The van der Waals surface area contributed by atoms with Crippen LogP contribution in [0.4, 0.5) is 0 Å². The van der Waals surface area contributed by atoms with Crippen LogP contribution in [0, 0.1) is 5.41 Å². The molecule has 0 bridgehead atoms. The van der Waals surface area contributed by atoms with Gasteiger partial charge in [-0.2, -0.15) is 0 Å². The second-order valence-corrected chi connectivity index (χ2v) is 7.58. The highest BCUT2D eigenvalue weighted by Crippen LogP contribution is 2.34. The van der Waals surface area contributed by atoms with Crippen molar-refractivity contribution in [2.45, 2.75) is 45.3 Å². The molecule has 2 fully saturated rings. The maximum Gasteiger partial charge on any atom is 0.250 e. The summed E-state index contributed by atoms with van der Waals surface area (Å²) < 4.78 is 0. The van der Waals surface area contributed by atoms with Crippen LogP contribution in [0.1, 0.15) is 44.7 Å². The average Bonchev–Trinajstić information content (AvgIpc) is 2.84. The summed E-state index contributed by atoms with van der Waals surface area (Å²) in [5, 5.41) is 10.2. The van der Waals surface area contributed by atoms with Crippen molar-refractivity contribution in [2.75, 3.05) is 19.6 Å². The van der Waals surface area contributed by atoms with Gasteiger partial charge in [-0.25, -0.2) is 0 Å². The number of aliphatic hydroxyl groups excluding tert-OH is 1. The lowest BCUT2D eigenvalue weighted by molar-refractivity contribution is -0.147. The Morgan fingerprint density at radius 1 is 1.25 bits per heavy atom. The van der Waals surface area contributed by atoms with Crippen LogP contribution >= 0.6 is 0 Å². The maximum atomic E-state index is 13.2. The zero-order valence-electron chi connectivity index (χ0n) is 14.4. The predicted octanol–water partition coefficient (Wildman–Crippen LogP) is 1.97. The third-order valence-electron chi connectivity index (χ3n) is 5.23. The van der Waals surface area contributed by atoms with E-state index in [1.54, 1.807) is 9.80 Å². The van der Waals surface area contributed by atoms with Gasteiger partial charge in [0, 0.05) is 31.5 Å². The molecule has 1 aromatic rings. The molecule has 5 heteroatoms. The lowest BCUT2D eigenvalue weighted by Gasteiger charge is -2.36. The number of amides is 2. The van der Waals surface area contributed by atoms with Gasteiger partial charge in [-0.05, 0) is 18.4 Å². The number of carbonyl (C=O) groups excluding carboxylic acids is 2. The van der Waals surface area contributed by atoms with Crippen molar-refractivity contribution in [1.29, 1.82) is 0 Å². The minimum Gasteiger partial charge on any atom is -0.391 e. The number of nitrogens with zero attached hydrogens (tertiary/aromatic N) is 2. The maximum absolute atomic E-state index is 13.2. The van der Waals surface area contributed by atoms with E-state index < -0.39 is 12.1 Å². The highest BCUT2D eigenvalue weighted by Gasteiger charge is 2.44. The fourth-order valence-electron chi connectivity index (χ4n) is 3.65. The molecule has 2 atom stereocenters. The van der Waals surface area contributed by atoms with Crippen molar-refractivity contribution < 1.29 is 14.7 Å². The highest BCUT2D eigenvalue weighted by atomic mass is 16.3. The first-order chi connectivity index (χ1) is 11.4. The number of β-amino-alcohol motifs (C(OH)–C–C–N with tert-alkyl or cyclic N) is 1. The van der Waals surface area contributed by atoms with Crippen LogP contribution < -0.4 is 0 Å². The quantitative estimate of drug-likeness (QED) is 0.922. The summed E-state index contributed by atoms with van der Waals surface area (Å²) >= 11 is 0. The molecule has 0 radical (unpaired) electrons. The van der Waals surface area contributed by atoms with Crippen LogP contribution in [0.5, 0.6) is 0 Å². The van der Waals surface area contributed by atoms with E-state index in [2.05, 4.69) is 0 Å². The van der Waals surface area contributed by atoms with Crippen molar-refractivity contribution in [3.8, 4) is 0 Å². The summed E-state index contributed by atoms with van der Waals surface area (Å²) in [4.78, 5) is 29.1. The van der Waals surface area contributed by atoms with Gasteiger partial charge in [0.2, 0.25) is 11.8 Å². The first-order valence-electron chi connectivity index (χ1n) is 8.71. The summed E-state index contributed by atoms with van der Waals surface area (Å²) in [5.74, 6) is -0.0384. The molecule has 2 unspecified atom stereocenters. The lowest BCUT2D eigenvalue weighted by Crippen LogP contribution is -2.47. The third kappa shape index (κ3) is 3.18. The van der Waals surface area contributed by atoms with Gasteiger partial charge in [0.15, 0.2) is 0 Å². The Labute approximate surface area is 143 Å². The Kier molecular flexibility index (Phi) is 4.63. The van der Waals surface area contributed by atoms with Crippen molar-refractivity contribution in [3.63, 3.8) is 0 Å². The summed E-state index contributed by atoms with van der Waals surface area (Å²) in [6.45, 7) is 5.39. The Morgan fingerprint density at radius 2 is 1.96 bits per heavy atom. The standard InChI is InChI=1S/C19H26N2O3/c1-19(2)13-20(12-15(19)22)18(24)17(14-8-4-3-5-9-14)21-11-7-6-10-16(21)23/h3-5,8-9,15,17,22H,6-7,10-13H2,1-2H3. The molecule has 0 aliphatic carbocycles. The fraction of sp³-hybridized carbons (Fsp3) is 0.579. The zero-order chi connectivity index (χ0) is 17.3. The van der Waals surface area contributed by atoms with E-state index in [1.807, 2.05) is 44.2 Å². The van der Waals surface area contributed by atoms with Gasteiger partial charge in [-0.3, -0.25) is 9.59 Å². The van der Waals surface area contributed by atoms with Crippen LogP contribution in [0.3, 0.4) is 0 Å². The van der Waals surface area contributed by atoms with Gasteiger partial charge in [0.05, 0.1) is 6.10 Å². The minimum atomic E-state index is -0.583. The van der Waals surface area contributed by atoms with Gasteiger partial charge in [0.25, 0.3) is 0 Å². The highest BCUT2D eigenvalue weighted by molar-refractivity contribution is 5.89. The molecule has 0 saturated carbocycles. The number of benzene rings is 1. The van der Waals surface area contributed by atoms with E-state index in [9.17, 15) is 14.7 Å². The summed E-state index contributed by atoms with van der Waals surface area (Å²) in [5.41, 5.74) is 0.528. The van der Waals surface area contributed by atoms with E-state index in [0.717, 1.165) is 18.4 Å². The minimum absolute atomic E-state index is 0.0439. The van der Waals surface area contributed by atoms with E-state index in [1.165, 1.54) is 0 Å². The van der Waals surface area contributed by atoms with Crippen LogP contribution in [0.2, 0.25) is 0 Å². The molecule has 130 valence electrons. The van der Waals surface area contributed by atoms with E-state index in [0.29, 0.717) is 26.1 Å². The predicted molar refractivity (Wildman–Crippen MR) is 91.1 cm³/mol. The fourth-order valence-corrected chi connectivity index (χ4v) is 3.65. The number of carbonyl (C=O) groups is 2. The molecule has 0 aromatic heterocycles. The van der Waals surface area contributed by atoms with Crippen molar-refractivity contribution in [3.05, 3.63) is 35.9 Å². The molecule has 2 heterocycles. The first kappa shape index (κ1) is 17.0. The first-order valence-corrected chi connectivity index (χ1v) is 8.71. The van der Waals surface area contributed by atoms with Gasteiger partial charge in [0.1, 0.15) is 6.04 Å². The van der Waals surface area contributed by atoms with Gasteiger partial charge >= 0.3 is 0 Å². The molecular weight excluding hydrogens is 304 g/mol. The molecule has 1 N–H and O–H groups in total. The number of likely N-dealkylation sites (tertiary alicyclic amines) is 2. The molecule has 5 nitrogen and oxygen atoms in total. The van der Waals surface area contributed by atoms with Crippen molar-refractivity contribution in [2.24, 2.45) is 5.41 Å². The molecule has 2 aliphatic heterocycles. The van der Waals surface area contributed by atoms with E-state index in [4.69, 9.17) is 0 Å². The molecule has 24 heavy (non-hydrogen) atoms. The SMILES string of the molecule is CC1(C)CN(C(=O)C(c2ccccc2)N2CCCCC2=O)CC1O. The second-order valence-electron chi connectivity index (χ2n) is 7.58. The molecule has 3 rings (SSSR count). The van der Waals surface area contributed by atoms with E-state index >= 15 is 0 Å². The number of hydrogen-bond acceptors (Lipinski definition) is 3. The van der Waals surface area contributed by atoms with Crippen molar-refractivity contribution in [1.82, 2.24) is 9.80 Å². The zero-order valence-corrected chi connectivity index (χ0v) is 14.4. The van der Waals surface area contributed by atoms with Gasteiger partial charge < -0.3 is 14.9 Å². The summed E-state index contributed by atoms with van der Waals surface area (Å²) in [6, 6.07) is 8.93. The van der Waals surface area contributed by atoms with Crippen LogP contribution in [-0.4, -0.2) is 52.5 Å². The lowest BCUT2D eigenvalue weighted by atomic mass is 9.90. The third-order valence-corrected chi connectivity index (χ3v) is 5.23. The van der Waals surface area contributed by atoms with Gasteiger partial charge in [-0.15, -0.1) is 0 Å². The van der Waals surface area contributed by atoms with Crippen molar-refractivity contribution >= 4 is 11.8 Å². The number of rotatable bonds is 3. The number of hydrogen-bond donors (Lipinski definition) is 1. The Hall–Kier alpha value is -1.88. The normalized spacial score (nSPS) is 25.0. The van der Waals surface area contributed by atoms with Crippen LogP contribution in [0.25, 0.3) is 0 Å². The number of piperidine rings is 1. The Morgan fingerprint density at radius 3 is 2.54 bits per heavy atom. The summed E-state index contributed by atoms with van der Waals surface area (Å²) in [7, 11) is 0. The average molecular weight is 330 g/mol. The molecule has 2 aliphatic rings. The number of aliphatic hydroxyl groups is 1. The van der Waals surface area contributed by atoms with Crippen LogP contribution in [-0.2, 0) is 9.59 Å². The monoisotopic (exact) mass is 330 g/mol. The van der Waals surface area contributed by atoms with Gasteiger partial charge in [-0.1, -0.05) is 44.2 Å². The Bertz CT molecular complexity index is 614. The van der Waals surface area contributed by atoms with E-state index in [-0.39, 0.29) is 17.2 Å². The molecule has 0 spiro atoms.